The van der Waals surface area contributed by atoms with Crippen LogP contribution in [-0.2, 0) is 11.3 Å². The van der Waals surface area contributed by atoms with Crippen molar-refractivity contribution in [3.8, 4) is 0 Å². The van der Waals surface area contributed by atoms with Crippen molar-refractivity contribution < 1.29 is 9.13 Å². The van der Waals surface area contributed by atoms with Crippen LogP contribution in [0.25, 0.3) is 0 Å². The fraction of sp³-hybridized carbons (Fsp3) is 0.625. The predicted molar refractivity (Wildman–Crippen MR) is 80.5 cm³/mol. The van der Waals surface area contributed by atoms with Gasteiger partial charge in [0.05, 0.1) is 10.6 Å². The number of nitrogens with one attached hydrogen (secondary N) is 1. The van der Waals surface area contributed by atoms with Gasteiger partial charge in [0.1, 0.15) is 5.82 Å². The number of benzene rings is 1. The number of ether oxygens (including phenoxy) is 1. The maximum absolute atomic E-state index is 13.4. The van der Waals surface area contributed by atoms with Crippen molar-refractivity contribution in [1.29, 1.82) is 0 Å². The van der Waals surface area contributed by atoms with Gasteiger partial charge in [0.15, 0.2) is 0 Å². The molecule has 1 fully saturated rings. The van der Waals surface area contributed by atoms with Crippen LogP contribution in [0, 0.1) is 5.82 Å². The van der Waals surface area contributed by atoms with Crippen LogP contribution in [-0.4, -0.2) is 18.2 Å². The summed E-state index contributed by atoms with van der Waals surface area (Å²) in [7, 11) is 0. The Morgan fingerprint density at radius 2 is 2.15 bits per heavy atom. The van der Waals surface area contributed by atoms with E-state index in [1.54, 1.807) is 6.07 Å². The molecule has 1 N–H and O–H groups in total. The van der Waals surface area contributed by atoms with Crippen LogP contribution in [0.15, 0.2) is 18.2 Å². The van der Waals surface area contributed by atoms with E-state index in [9.17, 15) is 4.39 Å². The Morgan fingerprint density at radius 1 is 1.40 bits per heavy atom. The van der Waals surface area contributed by atoms with Gasteiger partial charge in [-0.2, -0.15) is 0 Å². The Balaban J connectivity index is 1.91. The highest BCUT2D eigenvalue weighted by molar-refractivity contribution is 6.30. The maximum atomic E-state index is 13.4. The third-order valence-electron chi connectivity index (χ3n) is 4.36. The molecule has 1 aliphatic heterocycles. The number of hydrogen-bond acceptors (Lipinski definition) is 2. The Hall–Kier alpha value is -0.640. The summed E-state index contributed by atoms with van der Waals surface area (Å²) in [5.41, 5.74) is 0.943. The van der Waals surface area contributed by atoms with E-state index in [4.69, 9.17) is 16.3 Å². The first-order valence-electron chi connectivity index (χ1n) is 7.40. The summed E-state index contributed by atoms with van der Waals surface area (Å²) >= 11 is 5.69. The molecule has 1 atom stereocenters. The largest absolute Gasteiger partial charge is 0.375 e. The zero-order chi connectivity index (χ0) is 14.6. The molecule has 0 amide bonds. The maximum Gasteiger partial charge on any atom is 0.142 e. The van der Waals surface area contributed by atoms with E-state index >= 15 is 0 Å². The Labute approximate surface area is 125 Å². The van der Waals surface area contributed by atoms with Crippen molar-refractivity contribution in [2.24, 2.45) is 0 Å². The van der Waals surface area contributed by atoms with Gasteiger partial charge in [-0.3, -0.25) is 0 Å². The van der Waals surface area contributed by atoms with Crippen molar-refractivity contribution in [2.75, 3.05) is 6.61 Å². The summed E-state index contributed by atoms with van der Waals surface area (Å²) in [4.78, 5) is 0. The van der Waals surface area contributed by atoms with E-state index in [2.05, 4.69) is 19.2 Å². The van der Waals surface area contributed by atoms with Crippen molar-refractivity contribution in [3.05, 3.63) is 34.6 Å². The highest BCUT2D eigenvalue weighted by Crippen LogP contribution is 2.31. The van der Waals surface area contributed by atoms with Crippen LogP contribution in [0.3, 0.4) is 0 Å². The normalized spacial score (nSPS) is 21.9. The summed E-state index contributed by atoms with van der Waals surface area (Å²) in [6, 6.07) is 5.41. The molecular weight excluding hydrogens is 277 g/mol. The zero-order valence-corrected chi connectivity index (χ0v) is 13.0. The van der Waals surface area contributed by atoms with Gasteiger partial charge in [-0.05, 0) is 43.4 Å². The van der Waals surface area contributed by atoms with E-state index in [-0.39, 0.29) is 16.4 Å². The lowest BCUT2D eigenvalue weighted by molar-refractivity contribution is -0.0932. The van der Waals surface area contributed by atoms with Crippen molar-refractivity contribution >= 4 is 11.6 Å². The molecule has 0 radical (unpaired) electrons. The number of halogens is 2. The minimum Gasteiger partial charge on any atom is -0.375 e. The highest BCUT2D eigenvalue weighted by Gasteiger charge is 2.34. The van der Waals surface area contributed by atoms with Crippen LogP contribution < -0.4 is 5.32 Å². The Morgan fingerprint density at radius 3 is 2.80 bits per heavy atom. The lowest BCUT2D eigenvalue weighted by atomic mass is 9.86. The number of hydrogen-bond donors (Lipinski definition) is 1. The summed E-state index contributed by atoms with van der Waals surface area (Å²) in [6.45, 7) is 5.83. The van der Waals surface area contributed by atoms with Crippen molar-refractivity contribution in [2.45, 2.75) is 57.7 Å². The van der Waals surface area contributed by atoms with Gasteiger partial charge in [0.25, 0.3) is 0 Å². The molecule has 0 aromatic heterocycles. The van der Waals surface area contributed by atoms with Crippen LogP contribution >= 0.6 is 11.6 Å². The Bertz CT molecular complexity index is 448. The van der Waals surface area contributed by atoms with Crippen LogP contribution in [0.2, 0.25) is 5.02 Å². The second kappa shape index (κ2) is 6.88. The molecule has 1 aliphatic rings. The van der Waals surface area contributed by atoms with Crippen molar-refractivity contribution in [3.63, 3.8) is 0 Å². The Kier molecular flexibility index (Phi) is 5.42. The topological polar surface area (TPSA) is 21.3 Å². The molecule has 2 rings (SSSR count). The van der Waals surface area contributed by atoms with Crippen LogP contribution in [0.5, 0.6) is 0 Å². The second-order valence-corrected chi connectivity index (χ2v) is 5.96. The minimum absolute atomic E-state index is 0.0150. The summed E-state index contributed by atoms with van der Waals surface area (Å²) in [5, 5.41) is 3.69. The van der Waals surface area contributed by atoms with E-state index in [0.29, 0.717) is 12.6 Å². The van der Waals surface area contributed by atoms with Crippen LogP contribution in [0.4, 0.5) is 4.39 Å². The summed E-state index contributed by atoms with van der Waals surface area (Å²) in [5.74, 6) is -0.352. The molecule has 2 nitrogen and oxygen atoms in total. The predicted octanol–water partition coefficient (Wildman–Crippen LogP) is 4.31. The standard InChI is InChI=1S/C16H23ClFNO/c1-3-16(4-2)10-13(7-8-20-16)19-11-12-5-6-14(17)15(18)9-12/h5-6,9,13,19H,3-4,7-8,10-11H2,1-2H3. The van der Waals surface area contributed by atoms with Gasteiger partial charge in [-0.1, -0.05) is 31.5 Å². The molecule has 1 aromatic rings. The van der Waals surface area contributed by atoms with Crippen LogP contribution in [0.1, 0.15) is 45.1 Å². The van der Waals surface area contributed by atoms with Gasteiger partial charge in [0.2, 0.25) is 0 Å². The van der Waals surface area contributed by atoms with Crippen molar-refractivity contribution in [1.82, 2.24) is 5.32 Å². The first-order chi connectivity index (χ1) is 9.58. The second-order valence-electron chi connectivity index (χ2n) is 5.56. The van der Waals surface area contributed by atoms with E-state index in [0.717, 1.165) is 37.9 Å². The molecule has 1 heterocycles. The SMILES string of the molecule is CCC1(CC)CC(NCc2ccc(Cl)c(F)c2)CCO1. The van der Waals surface area contributed by atoms with Gasteiger partial charge in [-0.15, -0.1) is 0 Å². The molecule has 112 valence electrons. The quantitative estimate of drug-likeness (QED) is 0.875. The first kappa shape index (κ1) is 15.7. The molecule has 1 saturated heterocycles. The third-order valence-corrected chi connectivity index (χ3v) is 4.67. The number of rotatable bonds is 5. The van der Waals surface area contributed by atoms with E-state index < -0.39 is 0 Å². The van der Waals surface area contributed by atoms with Gasteiger partial charge >= 0.3 is 0 Å². The molecule has 20 heavy (non-hydrogen) atoms. The molecule has 1 unspecified atom stereocenters. The summed E-state index contributed by atoms with van der Waals surface area (Å²) in [6.07, 6.45) is 4.11. The van der Waals surface area contributed by atoms with Gasteiger partial charge in [-0.25, -0.2) is 4.39 Å². The molecule has 0 bridgehead atoms. The average molecular weight is 300 g/mol. The lowest BCUT2D eigenvalue weighted by Crippen LogP contribution is -2.46. The summed E-state index contributed by atoms with van der Waals surface area (Å²) < 4.78 is 19.4. The molecule has 4 heteroatoms. The fourth-order valence-corrected chi connectivity index (χ4v) is 2.97. The van der Waals surface area contributed by atoms with Gasteiger partial charge < -0.3 is 10.1 Å². The third kappa shape index (κ3) is 3.72. The average Bonchev–Trinajstić information content (AvgIpc) is 2.48. The molecular formula is C16H23ClFNO. The smallest absolute Gasteiger partial charge is 0.142 e. The first-order valence-corrected chi connectivity index (χ1v) is 7.77. The molecule has 0 spiro atoms. The zero-order valence-electron chi connectivity index (χ0n) is 12.2. The molecule has 0 saturated carbocycles. The lowest BCUT2D eigenvalue weighted by Gasteiger charge is -2.40. The van der Waals surface area contributed by atoms with E-state index in [1.807, 2.05) is 6.07 Å². The fourth-order valence-electron chi connectivity index (χ4n) is 2.86. The van der Waals surface area contributed by atoms with E-state index in [1.165, 1.54) is 6.07 Å². The minimum atomic E-state index is -0.352. The van der Waals surface area contributed by atoms with Gasteiger partial charge in [0, 0.05) is 19.2 Å². The molecule has 1 aromatic carbocycles. The highest BCUT2D eigenvalue weighted by atomic mass is 35.5. The monoisotopic (exact) mass is 299 g/mol. The molecule has 0 aliphatic carbocycles.